The molecule has 0 aliphatic rings. The second-order valence-corrected chi connectivity index (χ2v) is 12.3. The number of aromatic nitrogens is 2. The molecule has 0 fully saturated rings. The van der Waals surface area contributed by atoms with Crippen LogP contribution in [-0.4, -0.2) is 9.13 Å². The lowest BCUT2D eigenvalue weighted by atomic mass is 9.97. The number of benzene rings is 7. The maximum absolute atomic E-state index is 9.68. The topological polar surface area (TPSA) is 42.4 Å². The van der Waals surface area contributed by atoms with Gasteiger partial charge in [0.2, 0.25) is 5.69 Å². The minimum Gasteiger partial charge on any atom is -0.320 e. The lowest BCUT2D eigenvalue weighted by molar-refractivity contribution is 1.18. The second-order valence-electron chi connectivity index (χ2n) is 12.3. The molecule has 230 valence electrons. The molecule has 0 atom stereocenters. The highest BCUT2D eigenvalue weighted by molar-refractivity contribution is 6.12. The van der Waals surface area contributed by atoms with Crippen LogP contribution in [0.1, 0.15) is 5.56 Å². The van der Waals surface area contributed by atoms with Crippen LogP contribution in [0.5, 0.6) is 0 Å². The van der Waals surface area contributed by atoms with Crippen molar-refractivity contribution in [3.8, 4) is 39.7 Å². The van der Waals surface area contributed by atoms with Crippen LogP contribution in [0.2, 0.25) is 0 Å². The molecule has 5 nitrogen and oxygen atoms in total. The predicted molar refractivity (Wildman–Crippen MR) is 203 cm³/mol. The first-order valence-electron chi connectivity index (χ1n) is 16.2. The summed E-state index contributed by atoms with van der Waals surface area (Å²) in [4.78, 5) is 7.68. The molecule has 5 heteroatoms. The Kier molecular flexibility index (Phi) is 6.56. The summed E-state index contributed by atoms with van der Waals surface area (Å²) in [6.45, 7) is 15.9. The second kappa shape index (κ2) is 11.4. The fraction of sp³-hybridized carbons (Fsp3) is 0. The standard InChI is InChI=1S/C45H25N5/c1-47-33-20-23-38-39-25-29(28-46)17-24-43(39)50(44(38)27-33)45-35(13-8-14-40(45)48-2)32-10-7-9-31(26-32)30-18-21-34(22-19-30)49-41-15-5-3-11-36(41)37-12-4-6-16-42(37)49/h3-27H. The Hall–Kier alpha value is -7.39. The van der Waals surface area contributed by atoms with E-state index in [9.17, 15) is 5.26 Å². The van der Waals surface area contributed by atoms with E-state index in [4.69, 9.17) is 13.1 Å². The smallest absolute Gasteiger partial charge is 0.211 e. The van der Waals surface area contributed by atoms with Crippen LogP contribution < -0.4 is 0 Å². The monoisotopic (exact) mass is 635 g/mol. The molecule has 0 aliphatic carbocycles. The number of hydrogen-bond donors (Lipinski definition) is 0. The summed E-state index contributed by atoms with van der Waals surface area (Å²) in [5.41, 5.74) is 11.5. The highest BCUT2D eigenvalue weighted by Gasteiger charge is 2.20. The Morgan fingerprint density at radius 2 is 1.16 bits per heavy atom. The van der Waals surface area contributed by atoms with E-state index in [0.717, 1.165) is 55.4 Å². The molecule has 0 aliphatic heterocycles. The van der Waals surface area contributed by atoms with Gasteiger partial charge in [-0.1, -0.05) is 97.1 Å². The molecule has 0 spiro atoms. The molecule has 0 radical (unpaired) electrons. The van der Waals surface area contributed by atoms with Gasteiger partial charge in [-0.3, -0.25) is 0 Å². The number of rotatable bonds is 4. The molecular weight excluding hydrogens is 611 g/mol. The summed E-state index contributed by atoms with van der Waals surface area (Å²) in [6, 6.07) is 53.4. The average molecular weight is 636 g/mol. The third-order valence-corrected chi connectivity index (χ3v) is 9.58. The molecule has 2 heterocycles. The molecule has 0 unspecified atom stereocenters. The van der Waals surface area contributed by atoms with Crippen molar-refractivity contribution in [2.24, 2.45) is 0 Å². The van der Waals surface area contributed by atoms with Crippen molar-refractivity contribution >= 4 is 55.0 Å². The van der Waals surface area contributed by atoms with Gasteiger partial charge >= 0.3 is 0 Å². The fourth-order valence-corrected chi connectivity index (χ4v) is 7.35. The Morgan fingerprint density at radius 3 is 1.88 bits per heavy atom. The first-order chi connectivity index (χ1) is 24.7. The number of fused-ring (bicyclic) bond motifs is 6. The molecule has 0 N–H and O–H groups in total. The molecule has 9 aromatic rings. The van der Waals surface area contributed by atoms with Crippen molar-refractivity contribution in [2.45, 2.75) is 0 Å². The first-order valence-corrected chi connectivity index (χ1v) is 16.2. The number of nitrogens with zero attached hydrogens (tertiary/aromatic N) is 5. The first kappa shape index (κ1) is 28.8. The largest absolute Gasteiger partial charge is 0.320 e. The number of hydrogen-bond acceptors (Lipinski definition) is 1. The van der Waals surface area contributed by atoms with Gasteiger partial charge in [-0.05, 0) is 76.9 Å². The quantitative estimate of drug-likeness (QED) is 0.177. The maximum Gasteiger partial charge on any atom is 0.211 e. The van der Waals surface area contributed by atoms with Crippen molar-refractivity contribution < 1.29 is 0 Å². The van der Waals surface area contributed by atoms with Gasteiger partial charge in [-0.15, -0.1) is 0 Å². The SMILES string of the molecule is [C-]#[N+]c1ccc2c3cc(C#N)ccc3n(-c3c([N+]#[C-])cccc3-c3cccc(-c4ccc(-n5c6ccccc6c6ccccc65)cc4)c3)c2c1. The van der Waals surface area contributed by atoms with Gasteiger partial charge in [0.15, 0.2) is 5.69 Å². The summed E-state index contributed by atoms with van der Waals surface area (Å²) < 4.78 is 4.40. The average Bonchev–Trinajstić information content (AvgIpc) is 3.69. The van der Waals surface area contributed by atoms with Crippen molar-refractivity contribution in [2.75, 3.05) is 0 Å². The van der Waals surface area contributed by atoms with Crippen LogP contribution in [0.4, 0.5) is 11.4 Å². The van der Waals surface area contributed by atoms with Gasteiger partial charge in [-0.2, -0.15) is 5.26 Å². The van der Waals surface area contributed by atoms with Crippen LogP contribution >= 0.6 is 0 Å². The van der Waals surface area contributed by atoms with Crippen LogP contribution in [0, 0.1) is 24.5 Å². The van der Waals surface area contributed by atoms with Crippen LogP contribution in [-0.2, 0) is 0 Å². The normalized spacial score (nSPS) is 11.1. The lowest BCUT2D eigenvalue weighted by Gasteiger charge is -2.17. The van der Waals surface area contributed by atoms with Gasteiger partial charge in [0, 0.05) is 32.7 Å². The Balaban J connectivity index is 1.20. The van der Waals surface area contributed by atoms with E-state index in [1.807, 2.05) is 36.4 Å². The molecule has 50 heavy (non-hydrogen) atoms. The number of para-hydroxylation sites is 3. The Labute approximate surface area is 288 Å². The third kappa shape index (κ3) is 4.38. The summed E-state index contributed by atoms with van der Waals surface area (Å²) >= 11 is 0. The molecule has 0 saturated heterocycles. The van der Waals surface area contributed by atoms with E-state index in [0.29, 0.717) is 16.9 Å². The Bertz CT molecular complexity index is 2900. The van der Waals surface area contributed by atoms with Crippen molar-refractivity contribution in [1.82, 2.24) is 9.13 Å². The van der Waals surface area contributed by atoms with Crippen LogP contribution in [0.15, 0.2) is 152 Å². The lowest BCUT2D eigenvalue weighted by Crippen LogP contribution is -1.98. The van der Waals surface area contributed by atoms with Crippen molar-refractivity contribution in [1.29, 1.82) is 5.26 Å². The summed E-state index contributed by atoms with van der Waals surface area (Å²) in [7, 11) is 0. The van der Waals surface area contributed by atoms with E-state index in [2.05, 4.69) is 128 Å². The molecule has 0 saturated carbocycles. The van der Waals surface area contributed by atoms with Gasteiger partial charge in [-0.25, -0.2) is 9.69 Å². The zero-order valence-electron chi connectivity index (χ0n) is 26.7. The zero-order valence-corrected chi connectivity index (χ0v) is 26.7. The number of nitriles is 1. The summed E-state index contributed by atoms with van der Waals surface area (Å²) in [6.07, 6.45) is 0. The van der Waals surface area contributed by atoms with Gasteiger partial charge < -0.3 is 9.13 Å². The van der Waals surface area contributed by atoms with Crippen molar-refractivity contribution in [3.05, 3.63) is 180 Å². The zero-order chi connectivity index (χ0) is 33.8. The van der Waals surface area contributed by atoms with E-state index in [-0.39, 0.29) is 0 Å². The van der Waals surface area contributed by atoms with Crippen LogP contribution in [0.25, 0.3) is 86.9 Å². The molecule has 0 amide bonds. The molecule has 0 bridgehead atoms. The van der Waals surface area contributed by atoms with E-state index in [1.54, 1.807) is 12.1 Å². The minimum absolute atomic E-state index is 0.500. The molecule has 9 rings (SSSR count). The summed E-state index contributed by atoms with van der Waals surface area (Å²) in [5.74, 6) is 0. The third-order valence-electron chi connectivity index (χ3n) is 9.58. The van der Waals surface area contributed by atoms with Gasteiger partial charge in [0.05, 0.1) is 47.0 Å². The maximum atomic E-state index is 9.68. The van der Waals surface area contributed by atoms with Gasteiger partial charge in [0.25, 0.3) is 0 Å². The molecule has 7 aromatic carbocycles. The molecular formula is C45H25N5. The van der Waals surface area contributed by atoms with E-state index < -0.39 is 0 Å². The van der Waals surface area contributed by atoms with E-state index in [1.165, 1.54) is 21.8 Å². The van der Waals surface area contributed by atoms with Crippen LogP contribution in [0.3, 0.4) is 0 Å². The highest BCUT2D eigenvalue weighted by atomic mass is 15.0. The fourth-order valence-electron chi connectivity index (χ4n) is 7.35. The molecule has 2 aromatic heterocycles. The summed E-state index contributed by atoms with van der Waals surface area (Å²) in [5, 5.41) is 14.0. The van der Waals surface area contributed by atoms with E-state index >= 15 is 0 Å². The highest BCUT2D eigenvalue weighted by Crippen LogP contribution is 2.42. The minimum atomic E-state index is 0.500. The van der Waals surface area contributed by atoms with Crippen molar-refractivity contribution in [3.63, 3.8) is 0 Å². The Morgan fingerprint density at radius 1 is 0.480 bits per heavy atom. The van der Waals surface area contributed by atoms with Gasteiger partial charge in [0.1, 0.15) is 0 Å². The predicted octanol–water partition coefficient (Wildman–Crippen LogP) is 12.2.